The third-order valence-electron chi connectivity index (χ3n) is 1.56. The Morgan fingerprint density at radius 2 is 1.87 bits per heavy atom. The normalized spacial score (nSPS) is 18.3. The number of aliphatic hydroxyl groups is 3. The van der Waals surface area contributed by atoms with Crippen LogP contribution in [0.4, 0.5) is 0 Å². The maximum absolute atomic E-state index is 11.1. The van der Waals surface area contributed by atoms with Crippen LogP contribution < -0.4 is 0 Å². The van der Waals surface area contributed by atoms with E-state index in [1.54, 1.807) is 0 Å². The van der Waals surface area contributed by atoms with E-state index in [4.69, 9.17) is 25.1 Å². The van der Waals surface area contributed by atoms with Crippen molar-refractivity contribution < 1.29 is 34.4 Å². The standard InChI is InChI=1S/C7H15O7P/c1-4(8)6(10)7(11)5(9)3-14-15(2,12)13/h4,6-8,10-13H,2-3H2,1H3/t4-,6+,7+/m0/s1. The lowest BCUT2D eigenvalue weighted by Crippen LogP contribution is -2.42. The molecule has 0 bridgehead atoms. The molecule has 0 heterocycles. The van der Waals surface area contributed by atoms with Crippen LogP contribution in [-0.4, -0.2) is 62.1 Å². The fraction of sp³-hybridized carbons (Fsp3) is 0.714. The first kappa shape index (κ1) is 14.7. The van der Waals surface area contributed by atoms with Gasteiger partial charge in [0.25, 0.3) is 0 Å². The number of ketones is 1. The van der Waals surface area contributed by atoms with Crippen LogP contribution in [-0.2, 0) is 9.32 Å². The minimum atomic E-state index is -3.79. The molecule has 8 heteroatoms. The maximum Gasteiger partial charge on any atom is 0.245 e. The van der Waals surface area contributed by atoms with E-state index in [9.17, 15) is 4.79 Å². The fourth-order valence-corrected chi connectivity index (χ4v) is 1.04. The van der Waals surface area contributed by atoms with Gasteiger partial charge in [-0.3, -0.25) is 4.79 Å². The monoisotopic (exact) mass is 242 g/mol. The number of rotatable bonds is 6. The molecule has 0 fully saturated rings. The molecule has 0 radical (unpaired) electrons. The molecule has 5 N–H and O–H groups in total. The van der Waals surface area contributed by atoms with Crippen LogP contribution in [0.3, 0.4) is 0 Å². The van der Waals surface area contributed by atoms with Crippen molar-refractivity contribution in [2.24, 2.45) is 0 Å². The van der Waals surface area contributed by atoms with E-state index in [-0.39, 0.29) is 0 Å². The number of carbonyl (C=O) groups is 1. The molecule has 0 aromatic heterocycles. The van der Waals surface area contributed by atoms with Crippen LogP contribution >= 0.6 is 7.57 Å². The smallest absolute Gasteiger partial charge is 0.245 e. The lowest BCUT2D eigenvalue weighted by atomic mass is 10.1. The Hall–Kier alpha value is -0.270. The van der Waals surface area contributed by atoms with Gasteiger partial charge in [-0.2, -0.15) is 0 Å². The predicted octanol–water partition coefficient (Wildman–Crippen LogP) is -2.15. The quantitative estimate of drug-likeness (QED) is 0.336. The third-order valence-corrected chi connectivity index (χ3v) is 2.10. The van der Waals surface area contributed by atoms with Crippen LogP contribution in [0.15, 0.2) is 0 Å². The van der Waals surface area contributed by atoms with Crippen LogP contribution in [0.1, 0.15) is 6.92 Å². The summed E-state index contributed by atoms with van der Waals surface area (Å²) in [6, 6.07) is 0. The number of hydrogen-bond acceptors (Lipinski definition) is 7. The van der Waals surface area contributed by atoms with Gasteiger partial charge in [0, 0.05) is 0 Å². The van der Waals surface area contributed by atoms with Gasteiger partial charge in [-0.1, -0.05) is 0 Å². The van der Waals surface area contributed by atoms with Crippen molar-refractivity contribution in [2.45, 2.75) is 25.2 Å². The van der Waals surface area contributed by atoms with Gasteiger partial charge in [0.1, 0.15) is 18.8 Å². The molecule has 0 amide bonds. The number of hydrogen-bond donors (Lipinski definition) is 5. The summed E-state index contributed by atoms with van der Waals surface area (Å²) in [5.41, 5.74) is 0. The summed E-state index contributed by atoms with van der Waals surface area (Å²) in [5.74, 6) is -0.973. The van der Waals surface area contributed by atoms with E-state index >= 15 is 0 Å². The van der Waals surface area contributed by atoms with Crippen LogP contribution in [0.5, 0.6) is 0 Å². The molecule has 0 aliphatic carbocycles. The summed E-state index contributed by atoms with van der Waals surface area (Å²) in [6.07, 6.45) is -1.93. The molecule has 0 rings (SSSR count). The second kappa shape index (κ2) is 5.72. The molecule has 0 spiro atoms. The molecule has 0 aliphatic rings. The molecule has 3 atom stereocenters. The Balaban J connectivity index is 4.17. The highest BCUT2D eigenvalue weighted by atomic mass is 31.2. The molecule has 7 nitrogen and oxygen atoms in total. The zero-order valence-corrected chi connectivity index (χ0v) is 9.04. The van der Waals surface area contributed by atoms with Crippen molar-refractivity contribution in [1.82, 2.24) is 0 Å². The van der Waals surface area contributed by atoms with Crippen molar-refractivity contribution in [1.29, 1.82) is 0 Å². The Kier molecular flexibility index (Phi) is 5.61. The van der Waals surface area contributed by atoms with Crippen molar-refractivity contribution in [3.63, 3.8) is 0 Å². The molecule has 0 aliphatic heterocycles. The summed E-state index contributed by atoms with van der Waals surface area (Å²) in [4.78, 5) is 28.4. The highest BCUT2D eigenvalue weighted by Crippen LogP contribution is 2.34. The average molecular weight is 242 g/mol. The van der Waals surface area contributed by atoms with Crippen molar-refractivity contribution in [2.75, 3.05) is 6.61 Å². The molecule has 0 aromatic carbocycles. The lowest BCUT2D eigenvalue weighted by molar-refractivity contribution is -0.140. The molecule has 0 saturated heterocycles. The molecule has 15 heavy (non-hydrogen) atoms. The van der Waals surface area contributed by atoms with Gasteiger partial charge in [0.15, 0.2) is 5.78 Å². The summed E-state index contributed by atoms with van der Waals surface area (Å²) in [6.45, 7) is 0.397. The molecule has 0 aromatic rings. The third kappa shape index (κ3) is 6.01. The fourth-order valence-electron chi connectivity index (χ4n) is 0.707. The maximum atomic E-state index is 11.1. The van der Waals surface area contributed by atoms with E-state index in [2.05, 4.69) is 10.8 Å². The van der Waals surface area contributed by atoms with Crippen LogP contribution in [0.2, 0.25) is 0 Å². The average Bonchev–Trinajstić information content (AvgIpc) is 2.10. The summed E-state index contributed by atoms with van der Waals surface area (Å²) >= 11 is 0. The van der Waals surface area contributed by atoms with Crippen molar-refractivity contribution >= 4 is 19.6 Å². The van der Waals surface area contributed by atoms with Gasteiger partial charge >= 0.3 is 0 Å². The summed E-state index contributed by atoms with van der Waals surface area (Å²) in [5, 5.41) is 27.1. The second-order valence-corrected chi connectivity index (χ2v) is 4.67. The first-order valence-corrected chi connectivity index (χ1v) is 5.85. The van der Waals surface area contributed by atoms with Gasteiger partial charge < -0.3 is 29.6 Å². The number of aliphatic hydroxyl groups excluding tert-OH is 3. The van der Waals surface area contributed by atoms with E-state index in [1.165, 1.54) is 6.92 Å². The largest absolute Gasteiger partial charge is 0.391 e. The van der Waals surface area contributed by atoms with Gasteiger partial charge in [0.05, 0.1) is 6.10 Å². The van der Waals surface area contributed by atoms with E-state index in [0.717, 1.165) is 0 Å². The first-order chi connectivity index (χ1) is 6.65. The Morgan fingerprint density at radius 3 is 2.20 bits per heavy atom. The summed E-state index contributed by atoms with van der Waals surface area (Å²) < 4.78 is 4.25. The van der Waals surface area contributed by atoms with Gasteiger partial charge in [-0.15, -0.1) is 0 Å². The van der Waals surface area contributed by atoms with Gasteiger partial charge in [-0.25, -0.2) is 0 Å². The van der Waals surface area contributed by atoms with Gasteiger partial charge in [-0.05, 0) is 13.2 Å². The van der Waals surface area contributed by atoms with E-state index < -0.39 is 38.3 Å². The van der Waals surface area contributed by atoms with Gasteiger partial charge in [0.2, 0.25) is 7.57 Å². The van der Waals surface area contributed by atoms with Crippen LogP contribution in [0, 0.1) is 0 Å². The van der Waals surface area contributed by atoms with Crippen molar-refractivity contribution in [3.05, 3.63) is 0 Å². The van der Waals surface area contributed by atoms with Crippen LogP contribution in [0.25, 0.3) is 0 Å². The molecule has 0 saturated carbocycles. The van der Waals surface area contributed by atoms with E-state index in [0.29, 0.717) is 0 Å². The Morgan fingerprint density at radius 1 is 1.40 bits per heavy atom. The molecule has 0 unspecified atom stereocenters. The SMILES string of the molecule is C=P(O)(O)OCC(=O)[C@@H](O)[C@H](O)[C@H](C)O. The van der Waals surface area contributed by atoms with E-state index in [1.807, 2.05) is 0 Å². The predicted molar refractivity (Wildman–Crippen MR) is 53.1 cm³/mol. The molecular weight excluding hydrogens is 227 g/mol. The summed E-state index contributed by atoms with van der Waals surface area (Å²) in [7, 11) is -3.79. The molecular formula is C7H15O7P. The number of Topliss-reactive ketones (excluding diaryl/α,β-unsaturated/α-hetero) is 1. The zero-order valence-electron chi connectivity index (χ0n) is 8.15. The molecule has 90 valence electrons. The topological polar surface area (TPSA) is 127 Å². The zero-order chi connectivity index (χ0) is 12.2. The Bertz CT molecular complexity index is 258. The first-order valence-electron chi connectivity index (χ1n) is 4.05. The highest BCUT2D eigenvalue weighted by molar-refractivity contribution is 7.57. The number of carbonyl (C=O) groups excluding carboxylic acids is 1. The second-order valence-electron chi connectivity index (χ2n) is 3.08. The Labute approximate surface area is 86.8 Å². The highest BCUT2D eigenvalue weighted by Gasteiger charge is 2.28. The minimum Gasteiger partial charge on any atom is -0.391 e. The minimum absolute atomic E-state index is 0.796. The van der Waals surface area contributed by atoms with Crippen molar-refractivity contribution in [3.8, 4) is 0 Å². The lowest BCUT2D eigenvalue weighted by Gasteiger charge is -2.19.